The van der Waals surface area contributed by atoms with Gasteiger partial charge in [0, 0.05) is 36.1 Å². The molecule has 3 rings (SSSR count). The number of nitro benzene ring substituents is 1. The minimum absolute atomic E-state index is 0.711. The molecule has 1 aromatic heterocycles. The molecule has 1 heterocycles. The maximum Gasteiger partial charge on any atom is 0.343 e. The first-order chi connectivity index (χ1) is 12.3. The minimum atomic E-state index is -1.77. The SMILES string of the molecule is Cc1ccc2ccccc2[nH+]1.O=C([O-])c1cccc([N+](=O)[O-])c1C(=O)O. The quantitative estimate of drug-likeness (QED) is 0.561. The van der Waals surface area contributed by atoms with Crippen LogP contribution in [-0.2, 0) is 0 Å². The number of nitrogens with zero attached hydrogens (tertiary/aromatic N) is 1. The average Bonchev–Trinajstić information content (AvgIpc) is 2.61. The van der Waals surface area contributed by atoms with E-state index in [2.05, 4.69) is 36.2 Å². The zero-order valence-corrected chi connectivity index (χ0v) is 13.6. The van der Waals surface area contributed by atoms with Crippen LogP contribution in [0.1, 0.15) is 26.4 Å². The van der Waals surface area contributed by atoms with Crippen LogP contribution >= 0.6 is 0 Å². The molecule has 2 aromatic carbocycles. The summed E-state index contributed by atoms with van der Waals surface area (Å²) in [5.41, 5.74) is 0.0413. The van der Waals surface area contributed by atoms with Gasteiger partial charge in [0.1, 0.15) is 5.56 Å². The zero-order chi connectivity index (χ0) is 19.3. The van der Waals surface area contributed by atoms with Gasteiger partial charge in [0.05, 0.1) is 10.9 Å². The smallest absolute Gasteiger partial charge is 0.343 e. The molecule has 8 nitrogen and oxygen atoms in total. The second kappa shape index (κ2) is 7.84. The predicted octanol–water partition coefficient (Wildman–Crippen LogP) is 1.62. The summed E-state index contributed by atoms with van der Waals surface area (Å²) in [5.74, 6) is -3.45. The summed E-state index contributed by atoms with van der Waals surface area (Å²) in [7, 11) is 0. The Labute approximate surface area is 147 Å². The summed E-state index contributed by atoms with van der Waals surface area (Å²) in [6.07, 6.45) is 0. The standard InChI is InChI=1S/C10H9N.C8H5NO6/c1-8-6-7-9-4-2-3-5-10(9)11-8;10-7(11)4-2-1-3-5(9(14)15)6(4)8(12)13/h2-7H,1H3;1-3H,(H,10,11)(H,12,13). The van der Waals surface area contributed by atoms with Crippen molar-refractivity contribution in [1.82, 2.24) is 0 Å². The minimum Gasteiger partial charge on any atom is -0.545 e. The van der Waals surface area contributed by atoms with Gasteiger partial charge in [-0.2, -0.15) is 0 Å². The fourth-order valence-corrected chi connectivity index (χ4v) is 2.31. The van der Waals surface area contributed by atoms with Crippen LogP contribution in [0.5, 0.6) is 0 Å². The van der Waals surface area contributed by atoms with Crippen LogP contribution < -0.4 is 10.1 Å². The van der Waals surface area contributed by atoms with Crippen molar-refractivity contribution in [3.63, 3.8) is 0 Å². The number of carboxylic acids is 2. The third kappa shape index (κ3) is 4.18. The molecule has 0 aliphatic carbocycles. The summed E-state index contributed by atoms with van der Waals surface area (Å²) < 4.78 is 0. The first-order valence-corrected chi connectivity index (χ1v) is 7.41. The van der Waals surface area contributed by atoms with Crippen LogP contribution in [0.4, 0.5) is 5.69 Å². The van der Waals surface area contributed by atoms with Crippen LogP contribution in [0, 0.1) is 17.0 Å². The second-order valence-electron chi connectivity index (χ2n) is 5.28. The highest BCUT2D eigenvalue weighted by molar-refractivity contribution is 6.03. The number of pyridine rings is 1. The van der Waals surface area contributed by atoms with Gasteiger partial charge in [-0.25, -0.2) is 9.78 Å². The number of aryl methyl sites for hydroxylation is 1. The Hall–Kier alpha value is -3.81. The number of benzene rings is 2. The van der Waals surface area contributed by atoms with Gasteiger partial charge in [0.15, 0.2) is 5.69 Å². The molecule has 2 N–H and O–H groups in total. The average molecular weight is 354 g/mol. The molecule has 0 bridgehead atoms. The van der Waals surface area contributed by atoms with E-state index in [1.54, 1.807) is 0 Å². The fourth-order valence-electron chi connectivity index (χ4n) is 2.31. The van der Waals surface area contributed by atoms with Crippen molar-refractivity contribution in [3.05, 3.63) is 81.5 Å². The lowest BCUT2D eigenvalue weighted by atomic mass is 10.1. The van der Waals surface area contributed by atoms with Crippen molar-refractivity contribution in [2.24, 2.45) is 0 Å². The molecule has 0 aliphatic heterocycles. The summed E-state index contributed by atoms with van der Waals surface area (Å²) in [6.45, 7) is 2.06. The zero-order valence-electron chi connectivity index (χ0n) is 13.6. The van der Waals surface area contributed by atoms with E-state index in [1.807, 2.05) is 12.1 Å². The highest BCUT2D eigenvalue weighted by Crippen LogP contribution is 2.21. The number of nitro groups is 1. The highest BCUT2D eigenvalue weighted by Gasteiger charge is 2.23. The summed E-state index contributed by atoms with van der Waals surface area (Å²) in [6, 6.07) is 15.4. The first kappa shape index (κ1) is 18.5. The van der Waals surface area contributed by atoms with Gasteiger partial charge in [-0.05, 0) is 12.1 Å². The fraction of sp³-hybridized carbons (Fsp3) is 0.0556. The van der Waals surface area contributed by atoms with E-state index in [0.29, 0.717) is 0 Å². The van der Waals surface area contributed by atoms with E-state index in [4.69, 9.17) is 5.11 Å². The molecule has 0 unspecified atom stereocenters. The van der Waals surface area contributed by atoms with Crippen LogP contribution in [0.2, 0.25) is 0 Å². The van der Waals surface area contributed by atoms with Gasteiger partial charge in [-0.3, -0.25) is 10.1 Å². The van der Waals surface area contributed by atoms with Crippen molar-refractivity contribution >= 4 is 28.5 Å². The molecule has 8 heteroatoms. The maximum absolute atomic E-state index is 10.7. The normalized spacial score (nSPS) is 9.88. The number of hydrogen-bond donors (Lipinski definition) is 1. The predicted molar refractivity (Wildman–Crippen MR) is 89.6 cm³/mol. The summed E-state index contributed by atoms with van der Waals surface area (Å²) >= 11 is 0. The Bertz CT molecular complexity index is 968. The number of H-pyrrole nitrogens is 1. The molecule has 132 valence electrons. The van der Waals surface area contributed by atoms with Crippen molar-refractivity contribution in [3.8, 4) is 0 Å². The second-order valence-corrected chi connectivity index (χ2v) is 5.28. The van der Waals surface area contributed by atoms with Crippen LogP contribution in [0.15, 0.2) is 54.6 Å². The van der Waals surface area contributed by atoms with Crippen molar-refractivity contribution in [2.75, 3.05) is 0 Å². The Kier molecular flexibility index (Phi) is 5.59. The number of para-hydroxylation sites is 1. The summed E-state index contributed by atoms with van der Waals surface area (Å²) in [4.78, 5) is 33.9. The molecule has 3 aromatic rings. The number of carboxylic acid groups (broad SMARTS) is 2. The molecule has 0 atom stereocenters. The van der Waals surface area contributed by atoms with Crippen molar-refractivity contribution < 1.29 is 29.7 Å². The first-order valence-electron chi connectivity index (χ1n) is 7.41. The number of carbonyl (C=O) groups excluding carboxylic acids is 1. The largest absolute Gasteiger partial charge is 0.545 e. The van der Waals surface area contributed by atoms with E-state index < -0.39 is 33.7 Å². The van der Waals surface area contributed by atoms with Gasteiger partial charge in [0.2, 0.25) is 5.52 Å². The number of hydrogen-bond acceptors (Lipinski definition) is 5. The molecule has 0 radical (unpaired) electrons. The molecule has 0 saturated heterocycles. The Morgan fingerprint density at radius 1 is 1.04 bits per heavy atom. The molecule has 0 amide bonds. The van der Waals surface area contributed by atoms with Gasteiger partial charge in [-0.1, -0.05) is 24.3 Å². The molecule has 0 fully saturated rings. The molecular weight excluding hydrogens is 340 g/mol. The number of carbonyl (C=O) groups is 2. The van der Waals surface area contributed by atoms with Crippen LogP contribution in [-0.4, -0.2) is 22.0 Å². The van der Waals surface area contributed by atoms with Crippen LogP contribution in [0.3, 0.4) is 0 Å². The number of fused-ring (bicyclic) bond motifs is 1. The maximum atomic E-state index is 10.7. The third-order valence-corrected chi connectivity index (χ3v) is 3.48. The van der Waals surface area contributed by atoms with E-state index in [-0.39, 0.29) is 0 Å². The number of aromatic carboxylic acids is 2. The third-order valence-electron chi connectivity index (χ3n) is 3.48. The number of aromatic nitrogens is 1. The van der Waals surface area contributed by atoms with Gasteiger partial charge < -0.3 is 15.0 Å². The van der Waals surface area contributed by atoms with Gasteiger partial charge >= 0.3 is 5.97 Å². The summed E-state index contributed by atoms with van der Waals surface area (Å²) in [5, 5.41) is 30.8. The Balaban J connectivity index is 0.000000195. The van der Waals surface area contributed by atoms with E-state index in [0.717, 1.165) is 18.2 Å². The lowest BCUT2D eigenvalue weighted by Crippen LogP contribution is -2.25. The number of aromatic amines is 1. The van der Waals surface area contributed by atoms with Gasteiger partial charge in [-0.15, -0.1) is 0 Å². The van der Waals surface area contributed by atoms with Gasteiger partial charge in [0.25, 0.3) is 5.69 Å². The molecule has 0 aliphatic rings. The molecule has 0 spiro atoms. The van der Waals surface area contributed by atoms with E-state index in [1.165, 1.54) is 16.6 Å². The molecular formula is C18H14N2O6. The molecule has 0 saturated carbocycles. The van der Waals surface area contributed by atoms with Crippen molar-refractivity contribution in [1.29, 1.82) is 0 Å². The lowest BCUT2D eigenvalue weighted by molar-refractivity contribution is -0.385. The Morgan fingerprint density at radius 3 is 2.35 bits per heavy atom. The highest BCUT2D eigenvalue weighted by atomic mass is 16.6. The number of rotatable bonds is 3. The Morgan fingerprint density at radius 2 is 1.73 bits per heavy atom. The van der Waals surface area contributed by atoms with E-state index >= 15 is 0 Å². The number of nitrogens with one attached hydrogen (secondary N) is 1. The topological polar surface area (TPSA) is 135 Å². The monoisotopic (exact) mass is 354 g/mol. The van der Waals surface area contributed by atoms with E-state index in [9.17, 15) is 24.8 Å². The van der Waals surface area contributed by atoms with Crippen LogP contribution in [0.25, 0.3) is 10.9 Å². The lowest BCUT2D eigenvalue weighted by Gasteiger charge is -2.06. The molecule has 26 heavy (non-hydrogen) atoms. The van der Waals surface area contributed by atoms with Crippen molar-refractivity contribution in [2.45, 2.75) is 6.92 Å².